The van der Waals surface area contributed by atoms with Gasteiger partial charge in [-0.3, -0.25) is 4.68 Å². The molecule has 1 aliphatic heterocycles. The van der Waals surface area contributed by atoms with Crippen molar-refractivity contribution in [3.8, 4) is 0 Å². The van der Waals surface area contributed by atoms with E-state index in [2.05, 4.69) is 5.10 Å². The van der Waals surface area contributed by atoms with Crippen LogP contribution in [0, 0.1) is 0 Å². The molecule has 3 N–H and O–H groups in total. The van der Waals surface area contributed by atoms with Crippen molar-refractivity contribution in [2.24, 2.45) is 5.73 Å². The highest BCUT2D eigenvalue weighted by molar-refractivity contribution is 5.12. The lowest BCUT2D eigenvalue weighted by Crippen LogP contribution is -2.32. The fourth-order valence-electron chi connectivity index (χ4n) is 1.60. The van der Waals surface area contributed by atoms with Crippen LogP contribution >= 0.6 is 0 Å². The molecular formula is C8H13N3O. The lowest BCUT2D eigenvalue weighted by molar-refractivity contribution is 0.274. The fraction of sp³-hybridized carbons (Fsp3) is 0.625. The van der Waals surface area contributed by atoms with Crippen molar-refractivity contribution >= 4 is 0 Å². The van der Waals surface area contributed by atoms with Gasteiger partial charge in [-0.1, -0.05) is 0 Å². The molecule has 1 aromatic heterocycles. The zero-order valence-corrected chi connectivity index (χ0v) is 6.90. The molecule has 1 atom stereocenters. The molecule has 4 heteroatoms. The van der Waals surface area contributed by atoms with Crippen LogP contribution in [0.5, 0.6) is 0 Å². The number of nitrogens with zero attached hydrogens (tertiary/aromatic N) is 2. The second-order valence-electron chi connectivity index (χ2n) is 3.27. The van der Waals surface area contributed by atoms with Crippen LogP contribution in [0.15, 0.2) is 6.07 Å². The molecule has 1 unspecified atom stereocenters. The zero-order valence-electron chi connectivity index (χ0n) is 6.90. The van der Waals surface area contributed by atoms with Crippen molar-refractivity contribution in [1.29, 1.82) is 0 Å². The van der Waals surface area contributed by atoms with Crippen LogP contribution in [0.3, 0.4) is 0 Å². The standard InChI is InChI=1S/C8H13N3O/c9-6-1-2-8-3-7(5-12)10-11(8)4-6/h3,6,12H,1-2,4-5,9H2. The van der Waals surface area contributed by atoms with E-state index < -0.39 is 0 Å². The number of aromatic nitrogens is 2. The SMILES string of the molecule is NC1CCc2cc(CO)nn2C1. The Balaban J connectivity index is 2.28. The second-order valence-corrected chi connectivity index (χ2v) is 3.27. The maximum Gasteiger partial charge on any atom is 0.0881 e. The average Bonchev–Trinajstić information content (AvgIpc) is 2.46. The van der Waals surface area contributed by atoms with Crippen molar-refractivity contribution in [3.05, 3.63) is 17.5 Å². The molecule has 0 aromatic carbocycles. The monoisotopic (exact) mass is 167 g/mol. The summed E-state index contributed by atoms with van der Waals surface area (Å²) in [5.41, 5.74) is 7.72. The van der Waals surface area contributed by atoms with E-state index >= 15 is 0 Å². The van der Waals surface area contributed by atoms with Crippen LogP contribution in [0.1, 0.15) is 17.8 Å². The van der Waals surface area contributed by atoms with E-state index in [4.69, 9.17) is 10.8 Å². The predicted octanol–water partition coefficient (Wildman–Crippen LogP) is -0.351. The third kappa shape index (κ3) is 1.23. The highest BCUT2D eigenvalue weighted by Gasteiger charge is 2.16. The number of aryl methyl sites for hydroxylation is 1. The molecule has 2 heterocycles. The average molecular weight is 167 g/mol. The summed E-state index contributed by atoms with van der Waals surface area (Å²) in [5.74, 6) is 0. The van der Waals surface area contributed by atoms with E-state index in [-0.39, 0.29) is 12.6 Å². The van der Waals surface area contributed by atoms with Crippen molar-refractivity contribution in [1.82, 2.24) is 9.78 Å². The molecule has 0 fully saturated rings. The maximum atomic E-state index is 8.85. The molecule has 0 aliphatic carbocycles. The van der Waals surface area contributed by atoms with Crippen LogP contribution in [-0.4, -0.2) is 20.9 Å². The Morgan fingerprint density at radius 3 is 3.33 bits per heavy atom. The van der Waals surface area contributed by atoms with E-state index in [1.807, 2.05) is 10.7 Å². The summed E-state index contributed by atoms with van der Waals surface area (Å²) in [5, 5.41) is 13.1. The molecule has 4 nitrogen and oxygen atoms in total. The van der Waals surface area contributed by atoms with Crippen molar-refractivity contribution in [3.63, 3.8) is 0 Å². The number of hydrogen-bond donors (Lipinski definition) is 2. The Bertz CT molecular complexity index is 282. The topological polar surface area (TPSA) is 64.1 Å². The number of hydrogen-bond acceptors (Lipinski definition) is 3. The molecule has 0 amide bonds. The van der Waals surface area contributed by atoms with Gasteiger partial charge in [0.1, 0.15) is 0 Å². The first-order chi connectivity index (χ1) is 5.79. The minimum atomic E-state index is 0.0231. The largest absolute Gasteiger partial charge is 0.390 e. The lowest BCUT2D eigenvalue weighted by atomic mass is 10.1. The molecule has 1 aromatic rings. The van der Waals surface area contributed by atoms with Crippen LogP contribution in [0.2, 0.25) is 0 Å². The van der Waals surface area contributed by atoms with E-state index in [1.165, 1.54) is 5.69 Å². The maximum absolute atomic E-state index is 8.85. The van der Waals surface area contributed by atoms with E-state index in [0.29, 0.717) is 0 Å². The molecule has 0 saturated heterocycles. The summed E-state index contributed by atoms with van der Waals surface area (Å²) >= 11 is 0. The van der Waals surface area contributed by atoms with E-state index in [0.717, 1.165) is 25.1 Å². The molecule has 0 bridgehead atoms. The summed E-state index contributed by atoms with van der Waals surface area (Å²) in [6, 6.07) is 2.18. The number of rotatable bonds is 1. The van der Waals surface area contributed by atoms with Crippen LogP contribution in [0.25, 0.3) is 0 Å². The van der Waals surface area contributed by atoms with Crippen LogP contribution in [-0.2, 0) is 19.6 Å². The minimum Gasteiger partial charge on any atom is -0.390 e. The van der Waals surface area contributed by atoms with Gasteiger partial charge in [0.15, 0.2) is 0 Å². The summed E-state index contributed by atoms with van der Waals surface area (Å²) in [6.07, 6.45) is 2.00. The Labute approximate surface area is 71.0 Å². The number of aliphatic hydroxyl groups is 1. The van der Waals surface area contributed by atoms with Gasteiger partial charge < -0.3 is 10.8 Å². The highest BCUT2D eigenvalue weighted by Crippen LogP contribution is 2.14. The molecule has 12 heavy (non-hydrogen) atoms. The second kappa shape index (κ2) is 2.88. The molecule has 0 saturated carbocycles. The van der Waals surface area contributed by atoms with Crippen molar-refractivity contribution in [2.45, 2.75) is 32.0 Å². The molecule has 2 rings (SSSR count). The summed E-state index contributed by atoms with van der Waals surface area (Å²) in [7, 11) is 0. The number of fused-ring (bicyclic) bond motifs is 1. The molecule has 1 aliphatic rings. The van der Waals surface area contributed by atoms with Gasteiger partial charge in [0.25, 0.3) is 0 Å². The minimum absolute atomic E-state index is 0.0231. The first-order valence-corrected chi connectivity index (χ1v) is 4.21. The van der Waals surface area contributed by atoms with Gasteiger partial charge >= 0.3 is 0 Å². The fourth-order valence-corrected chi connectivity index (χ4v) is 1.60. The third-order valence-electron chi connectivity index (χ3n) is 2.25. The Morgan fingerprint density at radius 1 is 1.75 bits per heavy atom. The van der Waals surface area contributed by atoms with Gasteiger partial charge in [0, 0.05) is 11.7 Å². The Morgan fingerprint density at radius 2 is 2.58 bits per heavy atom. The third-order valence-corrected chi connectivity index (χ3v) is 2.25. The molecular weight excluding hydrogens is 154 g/mol. The van der Waals surface area contributed by atoms with Gasteiger partial charge in [0.05, 0.1) is 18.8 Å². The predicted molar refractivity (Wildman–Crippen MR) is 44.4 cm³/mol. The van der Waals surface area contributed by atoms with Gasteiger partial charge in [-0.25, -0.2) is 0 Å². The normalized spacial score (nSPS) is 22.3. The lowest BCUT2D eigenvalue weighted by Gasteiger charge is -2.19. The van der Waals surface area contributed by atoms with Gasteiger partial charge in [-0.15, -0.1) is 0 Å². The first kappa shape index (κ1) is 7.76. The van der Waals surface area contributed by atoms with E-state index in [9.17, 15) is 0 Å². The van der Waals surface area contributed by atoms with Crippen molar-refractivity contribution in [2.75, 3.05) is 0 Å². The van der Waals surface area contributed by atoms with E-state index in [1.54, 1.807) is 0 Å². The summed E-state index contributed by atoms with van der Waals surface area (Å²) in [4.78, 5) is 0. The highest BCUT2D eigenvalue weighted by atomic mass is 16.3. The molecule has 66 valence electrons. The first-order valence-electron chi connectivity index (χ1n) is 4.21. The van der Waals surface area contributed by atoms with Crippen LogP contribution in [0.4, 0.5) is 0 Å². The van der Waals surface area contributed by atoms with Gasteiger partial charge in [-0.2, -0.15) is 5.10 Å². The quantitative estimate of drug-likeness (QED) is 0.601. The summed E-state index contributed by atoms with van der Waals surface area (Å²) < 4.78 is 1.90. The van der Waals surface area contributed by atoms with Crippen molar-refractivity contribution < 1.29 is 5.11 Å². The molecule has 0 spiro atoms. The smallest absolute Gasteiger partial charge is 0.0881 e. The van der Waals surface area contributed by atoms with Gasteiger partial charge in [0.2, 0.25) is 0 Å². The summed E-state index contributed by atoms with van der Waals surface area (Å²) in [6.45, 7) is 0.810. The molecule has 0 radical (unpaired) electrons. The number of nitrogens with two attached hydrogens (primary N) is 1. The number of aliphatic hydroxyl groups excluding tert-OH is 1. The zero-order chi connectivity index (χ0) is 8.55. The van der Waals surface area contributed by atoms with Gasteiger partial charge in [-0.05, 0) is 18.9 Å². The Kier molecular flexibility index (Phi) is 1.86. The van der Waals surface area contributed by atoms with Crippen LogP contribution < -0.4 is 5.73 Å². The Hall–Kier alpha value is -0.870.